The van der Waals surface area contributed by atoms with E-state index in [9.17, 15) is 4.39 Å². The van der Waals surface area contributed by atoms with E-state index in [0.29, 0.717) is 24.6 Å². The van der Waals surface area contributed by atoms with Crippen LogP contribution in [0.25, 0.3) is 0 Å². The van der Waals surface area contributed by atoms with Crippen molar-refractivity contribution in [1.82, 2.24) is 4.98 Å². The van der Waals surface area contributed by atoms with Crippen molar-refractivity contribution in [1.29, 1.82) is 0 Å². The standard InChI is InChI=1S/C14H14BrFN2O/c1-2-19-14-6-5-12(9-18-14)17-8-10-3-4-11(15)7-13(10)16/h3-7,9,17H,2,8H2,1H3. The first-order chi connectivity index (χ1) is 9.19. The van der Waals surface area contributed by atoms with Crippen LogP contribution in [0.1, 0.15) is 12.5 Å². The topological polar surface area (TPSA) is 34.1 Å². The molecular formula is C14H14BrFN2O. The van der Waals surface area contributed by atoms with Gasteiger partial charge in [-0.25, -0.2) is 9.37 Å². The SMILES string of the molecule is CCOc1ccc(NCc2ccc(Br)cc2F)cn1. The Morgan fingerprint density at radius 3 is 2.79 bits per heavy atom. The average Bonchev–Trinajstić information content (AvgIpc) is 2.40. The lowest BCUT2D eigenvalue weighted by Gasteiger charge is -2.08. The maximum Gasteiger partial charge on any atom is 0.213 e. The lowest BCUT2D eigenvalue weighted by Crippen LogP contribution is -2.02. The third-order valence-electron chi connectivity index (χ3n) is 2.53. The predicted octanol–water partition coefficient (Wildman–Crippen LogP) is 3.99. The van der Waals surface area contributed by atoms with Crippen LogP contribution in [0, 0.1) is 5.82 Å². The molecule has 0 fully saturated rings. The van der Waals surface area contributed by atoms with Crippen molar-refractivity contribution in [2.75, 3.05) is 11.9 Å². The van der Waals surface area contributed by atoms with Crippen molar-refractivity contribution in [3.8, 4) is 5.88 Å². The molecule has 1 heterocycles. The van der Waals surface area contributed by atoms with Crippen LogP contribution in [0.5, 0.6) is 5.88 Å². The molecule has 0 aliphatic rings. The van der Waals surface area contributed by atoms with Gasteiger partial charge in [-0.05, 0) is 25.1 Å². The molecule has 0 radical (unpaired) electrons. The minimum atomic E-state index is -0.235. The van der Waals surface area contributed by atoms with Crippen LogP contribution in [-0.4, -0.2) is 11.6 Å². The van der Waals surface area contributed by atoms with E-state index in [2.05, 4.69) is 26.2 Å². The molecule has 1 aromatic heterocycles. The number of hydrogen-bond acceptors (Lipinski definition) is 3. The van der Waals surface area contributed by atoms with Gasteiger partial charge in [0.05, 0.1) is 18.5 Å². The number of halogens is 2. The molecule has 0 amide bonds. The molecule has 19 heavy (non-hydrogen) atoms. The van der Waals surface area contributed by atoms with Gasteiger partial charge >= 0.3 is 0 Å². The van der Waals surface area contributed by atoms with E-state index in [1.165, 1.54) is 6.07 Å². The zero-order valence-corrected chi connectivity index (χ0v) is 12.1. The minimum Gasteiger partial charge on any atom is -0.478 e. The Kier molecular flexibility index (Phi) is 4.74. The molecule has 3 nitrogen and oxygen atoms in total. The molecule has 0 unspecified atom stereocenters. The van der Waals surface area contributed by atoms with Gasteiger partial charge in [0.15, 0.2) is 0 Å². The summed E-state index contributed by atoms with van der Waals surface area (Å²) in [5.74, 6) is 0.351. The first-order valence-electron chi connectivity index (χ1n) is 5.95. The maximum absolute atomic E-state index is 13.6. The van der Waals surface area contributed by atoms with Crippen LogP contribution in [0.4, 0.5) is 10.1 Å². The number of nitrogens with zero attached hydrogens (tertiary/aromatic N) is 1. The Labute approximate surface area is 119 Å². The Morgan fingerprint density at radius 2 is 2.16 bits per heavy atom. The van der Waals surface area contributed by atoms with Gasteiger partial charge in [0.25, 0.3) is 0 Å². The van der Waals surface area contributed by atoms with Gasteiger partial charge in [-0.2, -0.15) is 0 Å². The van der Waals surface area contributed by atoms with Gasteiger partial charge in [-0.15, -0.1) is 0 Å². The highest BCUT2D eigenvalue weighted by molar-refractivity contribution is 9.10. The molecule has 0 bridgehead atoms. The lowest BCUT2D eigenvalue weighted by molar-refractivity contribution is 0.327. The molecule has 0 saturated heterocycles. The van der Waals surface area contributed by atoms with Gasteiger partial charge in [-0.3, -0.25) is 0 Å². The number of aromatic nitrogens is 1. The van der Waals surface area contributed by atoms with E-state index in [0.717, 1.165) is 10.2 Å². The van der Waals surface area contributed by atoms with Crippen LogP contribution >= 0.6 is 15.9 Å². The highest BCUT2D eigenvalue weighted by Crippen LogP contribution is 2.17. The summed E-state index contributed by atoms with van der Waals surface area (Å²) >= 11 is 3.23. The zero-order valence-electron chi connectivity index (χ0n) is 10.5. The van der Waals surface area contributed by atoms with E-state index >= 15 is 0 Å². The fourth-order valence-corrected chi connectivity index (χ4v) is 1.91. The average molecular weight is 325 g/mol. The fraction of sp³-hybridized carbons (Fsp3) is 0.214. The quantitative estimate of drug-likeness (QED) is 0.902. The van der Waals surface area contributed by atoms with Gasteiger partial charge < -0.3 is 10.1 Å². The normalized spacial score (nSPS) is 10.3. The molecule has 0 spiro atoms. The summed E-state index contributed by atoms with van der Waals surface area (Å²) in [5, 5.41) is 3.12. The van der Waals surface area contributed by atoms with E-state index < -0.39 is 0 Å². The van der Waals surface area contributed by atoms with Gasteiger partial charge in [0, 0.05) is 22.6 Å². The van der Waals surface area contributed by atoms with Crippen LogP contribution in [0.2, 0.25) is 0 Å². The Balaban J connectivity index is 1.98. The molecule has 5 heteroatoms. The summed E-state index contributed by atoms with van der Waals surface area (Å²) in [5.41, 5.74) is 1.43. The van der Waals surface area contributed by atoms with Crippen molar-refractivity contribution in [3.05, 3.63) is 52.4 Å². The molecular weight excluding hydrogens is 311 g/mol. The molecule has 2 rings (SSSR count). The van der Waals surface area contributed by atoms with Gasteiger partial charge in [0.1, 0.15) is 5.82 Å². The number of rotatable bonds is 5. The Hall–Kier alpha value is -1.62. The Bertz CT molecular complexity index is 546. The number of pyridine rings is 1. The molecule has 0 saturated carbocycles. The van der Waals surface area contributed by atoms with E-state index in [4.69, 9.17) is 4.74 Å². The first-order valence-corrected chi connectivity index (χ1v) is 6.75. The fourth-order valence-electron chi connectivity index (χ4n) is 1.58. The van der Waals surface area contributed by atoms with Crippen molar-refractivity contribution >= 4 is 21.6 Å². The molecule has 0 aliphatic heterocycles. The van der Waals surface area contributed by atoms with Crippen molar-refractivity contribution < 1.29 is 9.13 Å². The van der Waals surface area contributed by atoms with Crippen molar-refractivity contribution in [2.24, 2.45) is 0 Å². The predicted molar refractivity (Wildman–Crippen MR) is 76.8 cm³/mol. The molecule has 0 atom stereocenters. The summed E-state index contributed by atoms with van der Waals surface area (Å²) in [6.07, 6.45) is 1.67. The number of benzene rings is 1. The third-order valence-corrected chi connectivity index (χ3v) is 3.02. The second kappa shape index (κ2) is 6.52. The number of ether oxygens (including phenoxy) is 1. The Morgan fingerprint density at radius 1 is 1.32 bits per heavy atom. The largest absolute Gasteiger partial charge is 0.478 e. The van der Waals surface area contributed by atoms with Crippen LogP contribution in [0.3, 0.4) is 0 Å². The van der Waals surface area contributed by atoms with Crippen LogP contribution in [0.15, 0.2) is 41.0 Å². The monoisotopic (exact) mass is 324 g/mol. The number of nitrogens with one attached hydrogen (secondary N) is 1. The maximum atomic E-state index is 13.6. The number of anilines is 1. The molecule has 1 N–H and O–H groups in total. The first kappa shape index (κ1) is 13.8. The summed E-state index contributed by atoms with van der Waals surface area (Å²) in [6.45, 7) is 2.91. The van der Waals surface area contributed by atoms with E-state index in [1.54, 1.807) is 18.3 Å². The van der Waals surface area contributed by atoms with E-state index in [-0.39, 0.29) is 5.82 Å². The minimum absolute atomic E-state index is 0.235. The summed E-state index contributed by atoms with van der Waals surface area (Å²) in [6, 6.07) is 8.65. The lowest BCUT2D eigenvalue weighted by atomic mass is 10.2. The number of hydrogen-bond donors (Lipinski definition) is 1. The second-order valence-corrected chi connectivity index (χ2v) is 4.82. The van der Waals surface area contributed by atoms with Crippen LogP contribution in [-0.2, 0) is 6.54 Å². The molecule has 100 valence electrons. The van der Waals surface area contributed by atoms with Crippen molar-refractivity contribution in [3.63, 3.8) is 0 Å². The highest BCUT2D eigenvalue weighted by Gasteiger charge is 2.03. The van der Waals surface area contributed by atoms with Gasteiger partial charge in [0.2, 0.25) is 5.88 Å². The summed E-state index contributed by atoms with van der Waals surface area (Å²) < 4.78 is 19.6. The summed E-state index contributed by atoms with van der Waals surface area (Å²) in [7, 11) is 0. The van der Waals surface area contributed by atoms with Crippen LogP contribution < -0.4 is 10.1 Å². The molecule has 1 aromatic carbocycles. The third kappa shape index (κ3) is 3.92. The smallest absolute Gasteiger partial charge is 0.213 e. The van der Waals surface area contributed by atoms with Crippen molar-refractivity contribution in [2.45, 2.75) is 13.5 Å². The molecule has 2 aromatic rings. The zero-order chi connectivity index (χ0) is 13.7. The molecule has 0 aliphatic carbocycles. The van der Waals surface area contributed by atoms with Gasteiger partial charge in [-0.1, -0.05) is 22.0 Å². The summed E-state index contributed by atoms with van der Waals surface area (Å²) in [4.78, 5) is 4.13. The van der Waals surface area contributed by atoms with E-state index in [1.807, 2.05) is 19.1 Å². The second-order valence-electron chi connectivity index (χ2n) is 3.91. The highest BCUT2D eigenvalue weighted by atomic mass is 79.9.